The summed E-state index contributed by atoms with van der Waals surface area (Å²) in [4.78, 5) is 16.6. The van der Waals surface area contributed by atoms with Crippen molar-refractivity contribution in [2.75, 3.05) is 17.2 Å². The van der Waals surface area contributed by atoms with Crippen LogP contribution in [0.2, 0.25) is 0 Å². The van der Waals surface area contributed by atoms with E-state index >= 15 is 0 Å². The molecule has 122 valence electrons. The number of aryl methyl sites for hydroxylation is 1. The first-order valence-electron chi connectivity index (χ1n) is 8.09. The number of anilines is 2. The second kappa shape index (κ2) is 7.13. The Hall–Kier alpha value is -2.88. The number of pyridine rings is 1. The molecule has 0 saturated heterocycles. The molecule has 0 aliphatic carbocycles. The summed E-state index contributed by atoms with van der Waals surface area (Å²) in [6.07, 6.45) is 2.18. The van der Waals surface area contributed by atoms with Gasteiger partial charge in [0.2, 0.25) is 5.91 Å². The van der Waals surface area contributed by atoms with Crippen LogP contribution in [0.15, 0.2) is 54.7 Å². The molecule has 0 saturated carbocycles. The minimum atomic E-state index is 0.00407. The second-order valence-corrected chi connectivity index (χ2v) is 5.85. The highest BCUT2D eigenvalue weighted by Crippen LogP contribution is 2.21. The van der Waals surface area contributed by atoms with Crippen molar-refractivity contribution in [2.24, 2.45) is 0 Å². The number of aromatic nitrogens is 1. The van der Waals surface area contributed by atoms with Gasteiger partial charge in [0.05, 0.1) is 11.2 Å². The minimum absolute atomic E-state index is 0.00407. The maximum Gasteiger partial charge on any atom is 0.226 e. The van der Waals surface area contributed by atoms with Gasteiger partial charge < -0.3 is 10.6 Å². The average molecular weight is 319 g/mol. The van der Waals surface area contributed by atoms with Crippen LogP contribution in [0.3, 0.4) is 0 Å². The minimum Gasteiger partial charge on any atom is -0.383 e. The zero-order valence-electron chi connectivity index (χ0n) is 14.0. The molecule has 0 unspecified atom stereocenters. The van der Waals surface area contributed by atoms with E-state index in [9.17, 15) is 4.79 Å². The molecule has 1 heterocycles. The number of carbonyl (C=O) groups is 1. The van der Waals surface area contributed by atoms with Gasteiger partial charge >= 0.3 is 0 Å². The summed E-state index contributed by atoms with van der Waals surface area (Å²) in [5, 5.41) is 7.37. The number of hydrogen-bond donors (Lipinski definition) is 2. The van der Waals surface area contributed by atoms with Crippen LogP contribution in [-0.2, 0) is 4.79 Å². The summed E-state index contributed by atoms with van der Waals surface area (Å²) < 4.78 is 0. The van der Waals surface area contributed by atoms with Crippen molar-refractivity contribution in [3.8, 4) is 0 Å². The number of nitrogens with one attached hydrogen (secondary N) is 2. The van der Waals surface area contributed by atoms with Gasteiger partial charge in [-0.05, 0) is 43.2 Å². The Morgan fingerprint density at radius 3 is 2.62 bits per heavy atom. The number of rotatable bonds is 5. The van der Waals surface area contributed by atoms with Crippen LogP contribution in [0, 0.1) is 13.8 Å². The van der Waals surface area contributed by atoms with E-state index in [4.69, 9.17) is 0 Å². The fourth-order valence-corrected chi connectivity index (χ4v) is 2.66. The van der Waals surface area contributed by atoms with Crippen LogP contribution in [0.25, 0.3) is 10.9 Å². The van der Waals surface area contributed by atoms with E-state index in [2.05, 4.69) is 15.6 Å². The Kier molecular flexibility index (Phi) is 4.75. The topological polar surface area (TPSA) is 54.0 Å². The lowest BCUT2D eigenvalue weighted by Gasteiger charge is -2.11. The Morgan fingerprint density at radius 2 is 1.75 bits per heavy atom. The van der Waals surface area contributed by atoms with E-state index < -0.39 is 0 Å². The van der Waals surface area contributed by atoms with Crippen LogP contribution < -0.4 is 10.6 Å². The quantitative estimate of drug-likeness (QED) is 0.737. The number of carbonyl (C=O) groups excluding carboxylic acids is 1. The lowest BCUT2D eigenvalue weighted by Crippen LogP contribution is -2.17. The fraction of sp³-hybridized carbons (Fsp3) is 0.200. The molecule has 0 aliphatic rings. The third-order valence-electron chi connectivity index (χ3n) is 4.18. The molecule has 24 heavy (non-hydrogen) atoms. The molecule has 0 atom stereocenters. The van der Waals surface area contributed by atoms with Gasteiger partial charge in [0.1, 0.15) is 0 Å². The second-order valence-electron chi connectivity index (χ2n) is 5.85. The van der Waals surface area contributed by atoms with Crippen LogP contribution in [0.5, 0.6) is 0 Å². The van der Waals surface area contributed by atoms with Gasteiger partial charge in [-0.25, -0.2) is 0 Å². The summed E-state index contributed by atoms with van der Waals surface area (Å²) in [5.74, 6) is 0.00407. The third-order valence-corrected chi connectivity index (χ3v) is 4.18. The highest BCUT2D eigenvalue weighted by Gasteiger charge is 2.07. The Labute approximate surface area is 141 Å². The van der Waals surface area contributed by atoms with Gasteiger partial charge in [-0.2, -0.15) is 0 Å². The predicted octanol–water partition coefficient (Wildman–Crippen LogP) is 4.29. The smallest absolute Gasteiger partial charge is 0.226 e. The molecule has 2 N–H and O–H groups in total. The highest BCUT2D eigenvalue weighted by atomic mass is 16.1. The first-order chi connectivity index (χ1) is 11.6. The van der Waals surface area contributed by atoms with Crippen molar-refractivity contribution < 1.29 is 4.79 Å². The molecule has 1 amide bonds. The van der Waals surface area contributed by atoms with E-state index in [0.29, 0.717) is 13.0 Å². The molecular weight excluding hydrogens is 298 g/mol. The largest absolute Gasteiger partial charge is 0.383 e. The molecule has 0 bridgehead atoms. The number of para-hydroxylation sites is 1. The zero-order valence-corrected chi connectivity index (χ0v) is 14.0. The first kappa shape index (κ1) is 16.0. The van der Waals surface area contributed by atoms with Gasteiger partial charge in [-0.1, -0.05) is 30.3 Å². The van der Waals surface area contributed by atoms with Crippen molar-refractivity contribution in [1.29, 1.82) is 0 Å². The average Bonchev–Trinajstić information content (AvgIpc) is 2.59. The predicted molar refractivity (Wildman–Crippen MR) is 99.4 cm³/mol. The first-order valence-corrected chi connectivity index (χ1v) is 8.09. The zero-order chi connectivity index (χ0) is 16.9. The van der Waals surface area contributed by atoms with Crippen LogP contribution >= 0.6 is 0 Å². The van der Waals surface area contributed by atoms with Gasteiger partial charge in [0, 0.05) is 30.2 Å². The molecule has 0 aliphatic heterocycles. The van der Waals surface area contributed by atoms with E-state index in [1.807, 2.05) is 62.4 Å². The van der Waals surface area contributed by atoms with Crippen molar-refractivity contribution >= 4 is 28.2 Å². The molecular formula is C20H21N3O. The Morgan fingerprint density at radius 1 is 1.00 bits per heavy atom. The Balaban J connectivity index is 1.60. The normalized spacial score (nSPS) is 10.6. The van der Waals surface area contributed by atoms with Crippen LogP contribution in [-0.4, -0.2) is 17.4 Å². The summed E-state index contributed by atoms with van der Waals surface area (Å²) in [6.45, 7) is 4.62. The van der Waals surface area contributed by atoms with E-state index in [-0.39, 0.29) is 5.91 Å². The lowest BCUT2D eigenvalue weighted by atomic mass is 10.1. The molecule has 0 radical (unpaired) electrons. The van der Waals surface area contributed by atoms with E-state index in [0.717, 1.165) is 27.8 Å². The molecule has 1 aromatic heterocycles. The SMILES string of the molecule is Cc1cccc(NC(=O)CCNc2cccc3cccnc23)c1C. The van der Waals surface area contributed by atoms with Gasteiger partial charge in [-0.3, -0.25) is 9.78 Å². The van der Waals surface area contributed by atoms with Crippen LogP contribution in [0.1, 0.15) is 17.5 Å². The van der Waals surface area contributed by atoms with E-state index in [1.54, 1.807) is 6.20 Å². The molecule has 3 aromatic rings. The summed E-state index contributed by atoms with van der Waals surface area (Å²) in [7, 11) is 0. The van der Waals surface area contributed by atoms with Crippen molar-refractivity contribution in [3.63, 3.8) is 0 Å². The van der Waals surface area contributed by atoms with Gasteiger partial charge in [-0.15, -0.1) is 0 Å². The summed E-state index contributed by atoms with van der Waals surface area (Å²) in [5.41, 5.74) is 5.04. The van der Waals surface area contributed by atoms with Crippen molar-refractivity contribution in [1.82, 2.24) is 4.98 Å². The fourth-order valence-electron chi connectivity index (χ4n) is 2.66. The van der Waals surface area contributed by atoms with E-state index in [1.165, 1.54) is 5.56 Å². The molecule has 4 nitrogen and oxygen atoms in total. The van der Waals surface area contributed by atoms with Gasteiger partial charge in [0.25, 0.3) is 0 Å². The number of hydrogen-bond acceptors (Lipinski definition) is 3. The maximum absolute atomic E-state index is 12.2. The number of amides is 1. The molecule has 3 rings (SSSR count). The standard InChI is InChI=1S/C20H21N3O/c1-14-6-3-9-17(15(14)2)23-19(24)11-13-21-18-10-4-7-16-8-5-12-22-20(16)18/h3-10,12,21H,11,13H2,1-2H3,(H,23,24). The number of fused-ring (bicyclic) bond motifs is 1. The summed E-state index contributed by atoms with van der Waals surface area (Å²) in [6, 6.07) is 15.9. The van der Waals surface area contributed by atoms with Gasteiger partial charge in [0.15, 0.2) is 0 Å². The van der Waals surface area contributed by atoms with Crippen molar-refractivity contribution in [2.45, 2.75) is 20.3 Å². The number of benzene rings is 2. The third kappa shape index (κ3) is 3.54. The van der Waals surface area contributed by atoms with Crippen LogP contribution in [0.4, 0.5) is 11.4 Å². The molecule has 0 fully saturated rings. The molecule has 0 spiro atoms. The lowest BCUT2D eigenvalue weighted by molar-refractivity contribution is -0.115. The maximum atomic E-state index is 12.2. The van der Waals surface area contributed by atoms with Crippen molar-refractivity contribution in [3.05, 3.63) is 65.9 Å². The highest BCUT2D eigenvalue weighted by molar-refractivity contribution is 5.93. The molecule has 4 heteroatoms. The monoisotopic (exact) mass is 319 g/mol. The number of nitrogens with zero attached hydrogens (tertiary/aromatic N) is 1. The summed E-state index contributed by atoms with van der Waals surface area (Å²) >= 11 is 0. The molecule has 2 aromatic carbocycles. The Bertz CT molecular complexity index is 868.